The molecule has 0 aliphatic rings. The average molecular weight is 200 g/mol. The number of rotatable bonds is 3. The zero-order valence-electron chi connectivity index (χ0n) is 8.55. The predicted octanol–water partition coefficient (Wildman–Crippen LogP) is 1.82. The van der Waals surface area contributed by atoms with E-state index in [2.05, 4.69) is 4.98 Å². The maximum atomic E-state index is 10.8. The third kappa shape index (κ3) is 1.96. The van der Waals surface area contributed by atoms with Gasteiger partial charge in [-0.2, -0.15) is 0 Å². The van der Waals surface area contributed by atoms with E-state index in [-0.39, 0.29) is 0 Å². The summed E-state index contributed by atoms with van der Waals surface area (Å²) in [4.78, 5) is 15.0. The number of aromatic nitrogens is 2. The summed E-state index contributed by atoms with van der Waals surface area (Å²) in [5, 5.41) is 0. The number of carbonyl (C=O) groups excluding carboxylic acids is 1. The average Bonchev–Trinajstić information content (AvgIpc) is 2.65. The minimum absolute atomic E-state index is 0.693. The van der Waals surface area contributed by atoms with E-state index in [1.54, 1.807) is 6.20 Å². The van der Waals surface area contributed by atoms with Crippen LogP contribution in [0.2, 0.25) is 0 Å². The molecule has 0 bridgehead atoms. The highest BCUT2D eigenvalue weighted by Crippen LogP contribution is 2.11. The van der Waals surface area contributed by atoms with Crippen LogP contribution in [0.1, 0.15) is 21.7 Å². The van der Waals surface area contributed by atoms with Gasteiger partial charge in [-0.15, -0.1) is 0 Å². The molecule has 0 saturated carbocycles. The van der Waals surface area contributed by atoms with Crippen molar-refractivity contribution < 1.29 is 4.79 Å². The zero-order chi connectivity index (χ0) is 10.7. The van der Waals surface area contributed by atoms with Crippen molar-refractivity contribution in [3.05, 3.63) is 53.6 Å². The van der Waals surface area contributed by atoms with Crippen molar-refractivity contribution in [1.82, 2.24) is 9.55 Å². The van der Waals surface area contributed by atoms with Gasteiger partial charge in [0.05, 0.1) is 0 Å². The van der Waals surface area contributed by atoms with Crippen molar-refractivity contribution >= 4 is 6.29 Å². The van der Waals surface area contributed by atoms with Gasteiger partial charge in [-0.1, -0.05) is 24.3 Å². The van der Waals surface area contributed by atoms with E-state index in [9.17, 15) is 4.79 Å². The lowest BCUT2D eigenvalue weighted by atomic mass is 10.1. The van der Waals surface area contributed by atoms with Gasteiger partial charge < -0.3 is 4.57 Å². The monoisotopic (exact) mass is 200 g/mol. The highest BCUT2D eigenvalue weighted by Gasteiger charge is 2.04. The predicted molar refractivity (Wildman–Crippen MR) is 57.8 cm³/mol. The van der Waals surface area contributed by atoms with Crippen LogP contribution in [0, 0.1) is 0 Å². The Labute approximate surface area is 88.4 Å². The molecule has 1 aromatic heterocycles. The molecule has 0 radical (unpaired) electrons. The number of imidazole rings is 1. The van der Waals surface area contributed by atoms with Crippen molar-refractivity contribution in [2.24, 2.45) is 7.05 Å². The summed E-state index contributed by atoms with van der Waals surface area (Å²) in [6.45, 7) is 0. The lowest BCUT2D eigenvalue weighted by Crippen LogP contribution is -2.00. The molecule has 1 aromatic carbocycles. The molecule has 1 heterocycles. The lowest BCUT2D eigenvalue weighted by Gasteiger charge is -2.04. The van der Waals surface area contributed by atoms with Crippen LogP contribution in [0.5, 0.6) is 0 Å². The second-order valence-electron chi connectivity index (χ2n) is 3.45. The molecule has 76 valence electrons. The number of hydrogen-bond acceptors (Lipinski definition) is 2. The Hall–Kier alpha value is -1.90. The molecule has 0 fully saturated rings. The molecule has 0 aliphatic carbocycles. The van der Waals surface area contributed by atoms with Crippen LogP contribution in [0.15, 0.2) is 36.7 Å². The molecule has 0 unspecified atom stereocenters. The van der Waals surface area contributed by atoms with Gasteiger partial charge in [-0.3, -0.25) is 4.79 Å². The van der Waals surface area contributed by atoms with Crippen molar-refractivity contribution in [2.75, 3.05) is 0 Å². The van der Waals surface area contributed by atoms with Crippen molar-refractivity contribution in [1.29, 1.82) is 0 Å². The number of benzene rings is 1. The Balaban J connectivity index is 2.32. The van der Waals surface area contributed by atoms with Gasteiger partial charge in [0, 0.05) is 31.4 Å². The van der Waals surface area contributed by atoms with Crippen molar-refractivity contribution in [3.63, 3.8) is 0 Å². The first-order valence-electron chi connectivity index (χ1n) is 4.80. The first-order chi connectivity index (χ1) is 7.31. The van der Waals surface area contributed by atoms with E-state index < -0.39 is 0 Å². The molecule has 0 N–H and O–H groups in total. The van der Waals surface area contributed by atoms with Crippen LogP contribution in [-0.2, 0) is 13.5 Å². The second-order valence-corrected chi connectivity index (χ2v) is 3.45. The molecular formula is C12H12N2O. The largest absolute Gasteiger partial charge is 0.338 e. The van der Waals surface area contributed by atoms with Gasteiger partial charge in [-0.05, 0) is 5.56 Å². The quantitative estimate of drug-likeness (QED) is 0.708. The highest BCUT2D eigenvalue weighted by molar-refractivity contribution is 5.77. The van der Waals surface area contributed by atoms with Crippen LogP contribution in [0.4, 0.5) is 0 Å². The van der Waals surface area contributed by atoms with Gasteiger partial charge >= 0.3 is 0 Å². The summed E-state index contributed by atoms with van der Waals surface area (Å²) in [7, 11) is 1.95. The molecule has 3 nitrogen and oxygen atoms in total. The Morgan fingerprint density at radius 1 is 1.40 bits per heavy atom. The zero-order valence-corrected chi connectivity index (χ0v) is 8.55. The van der Waals surface area contributed by atoms with Gasteiger partial charge in [0.2, 0.25) is 0 Å². The lowest BCUT2D eigenvalue weighted by molar-refractivity contribution is 0.112. The topological polar surface area (TPSA) is 34.9 Å². The number of aryl methyl sites for hydroxylation is 1. The Morgan fingerprint density at radius 2 is 2.20 bits per heavy atom. The molecule has 0 saturated heterocycles. The van der Waals surface area contributed by atoms with Crippen LogP contribution in [-0.4, -0.2) is 15.8 Å². The summed E-state index contributed by atoms with van der Waals surface area (Å²) < 4.78 is 1.96. The van der Waals surface area contributed by atoms with Crippen molar-refractivity contribution in [3.8, 4) is 0 Å². The first-order valence-corrected chi connectivity index (χ1v) is 4.80. The fourth-order valence-corrected chi connectivity index (χ4v) is 1.55. The molecule has 0 spiro atoms. The van der Waals surface area contributed by atoms with Crippen LogP contribution < -0.4 is 0 Å². The van der Waals surface area contributed by atoms with Crippen molar-refractivity contribution in [2.45, 2.75) is 6.42 Å². The molecule has 2 rings (SSSR count). The van der Waals surface area contributed by atoms with E-state index in [4.69, 9.17) is 0 Å². The Morgan fingerprint density at radius 3 is 2.87 bits per heavy atom. The van der Waals surface area contributed by atoms with E-state index in [1.807, 2.05) is 42.1 Å². The molecule has 2 aromatic rings. The maximum absolute atomic E-state index is 10.8. The normalized spacial score (nSPS) is 10.2. The third-order valence-corrected chi connectivity index (χ3v) is 2.45. The van der Waals surface area contributed by atoms with Crippen LogP contribution >= 0.6 is 0 Å². The van der Waals surface area contributed by atoms with Crippen LogP contribution in [0.3, 0.4) is 0 Å². The van der Waals surface area contributed by atoms with Gasteiger partial charge in [0.15, 0.2) is 0 Å². The smallest absolute Gasteiger partial charge is 0.150 e. The van der Waals surface area contributed by atoms with Gasteiger partial charge in [0.1, 0.15) is 12.1 Å². The number of carbonyl (C=O) groups is 1. The molecule has 0 atom stereocenters. The summed E-state index contributed by atoms with van der Waals surface area (Å²) in [6, 6.07) is 7.58. The summed E-state index contributed by atoms with van der Waals surface area (Å²) >= 11 is 0. The fourth-order valence-electron chi connectivity index (χ4n) is 1.55. The highest BCUT2D eigenvalue weighted by atomic mass is 16.1. The van der Waals surface area contributed by atoms with E-state index >= 15 is 0 Å². The van der Waals surface area contributed by atoms with E-state index in [1.165, 1.54) is 0 Å². The third-order valence-electron chi connectivity index (χ3n) is 2.45. The number of hydrogen-bond donors (Lipinski definition) is 0. The van der Waals surface area contributed by atoms with E-state index in [0.717, 1.165) is 23.2 Å². The molecule has 3 heteroatoms. The SMILES string of the molecule is Cn1ccnc1Cc1ccccc1C=O. The standard InChI is InChI=1S/C12H12N2O/c1-14-7-6-13-12(14)8-10-4-2-3-5-11(10)9-15/h2-7,9H,8H2,1H3. The number of aldehydes is 1. The minimum atomic E-state index is 0.693. The minimum Gasteiger partial charge on any atom is -0.338 e. The molecule has 0 amide bonds. The molecular weight excluding hydrogens is 188 g/mol. The first kappa shape index (κ1) is 9.65. The van der Waals surface area contributed by atoms with Gasteiger partial charge in [-0.25, -0.2) is 4.98 Å². The summed E-state index contributed by atoms with van der Waals surface area (Å²) in [5.41, 5.74) is 1.75. The Kier molecular flexibility index (Phi) is 2.63. The fraction of sp³-hybridized carbons (Fsp3) is 0.167. The number of nitrogens with zero attached hydrogens (tertiary/aromatic N) is 2. The Bertz CT molecular complexity index is 474. The summed E-state index contributed by atoms with van der Waals surface area (Å²) in [5.74, 6) is 0.962. The second kappa shape index (κ2) is 4.09. The molecule has 15 heavy (non-hydrogen) atoms. The maximum Gasteiger partial charge on any atom is 0.150 e. The summed E-state index contributed by atoms with van der Waals surface area (Å²) in [6.07, 6.45) is 5.24. The molecule has 0 aliphatic heterocycles. The van der Waals surface area contributed by atoms with Crippen LogP contribution in [0.25, 0.3) is 0 Å². The van der Waals surface area contributed by atoms with Gasteiger partial charge in [0.25, 0.3) is 0 Å². The van der Waals surface area contributed by atoms with E-state index in [0.29, 0.717) is 6.42 Å².